The largest absolute Gasteiger partial charge is 0.479 e. The number of ether oxygens (including phenoxy) is 1. The molecule has 0 spiro atoms. The van der Waals surface area contributed by atoms with Crippen molar-refractivity contribution in [1.29, 1.82) is 0 Å². The van der Waals surface area contributed by atoms with Gasteiger partial charge in [-0.15, -0.1) is 10.2 Å². The van der Waals surface area contributed by atoms with Crippen LogP contribution in [0.3, 0.4) is 0 Å². The number of hydrogen-bond donors (Lipinski definition) is 1. The van der Waals surface area contributed by atoms with Gasteiger partial charge in [-0.25, -0.2) is 18.0 Å². The first kappa shape index (κ1) is 18.8. The molecule has 5 rings (SSSR count). The molecule has 1 aliphatic heterocycles. The number of fused-ring (bicyclic) bond motifs is 2. The van der Waals surface area contributed by atoms with Gasteiger partial charge in [0.2, 0.25) is 11.8 Å². The second-order valence-corrected chi connectivity index (χ2v) is 8.09. The Morgan fingerprint density at radius 3 is 2.82 bits per heavy atom. The lowest BCUT2D eigenvalue weighted by molar-refractivity contribution is -0.142. The van der Waals surface area contributed by atoms with Gasteiger partial charge in [0.05, 0.1) is 23.2 Å². The maximum Gasteiger partial charge on any atom is 0.408 e. The first-order valence-electron chi connectivity index (χ1n) is 11.5. The van der Waals surface area contributed by atoms with E-state index < -0.39 is 44.1 Å². The number of nitrogens with one attached hydrogen (secondary N) is 1. The third-order valence-corrected chi connectivity index (χ3v) is 5.52. The van der Waals surface area contributed by atoms with Gasteiger partial charge in [-0.05, 0) is 30.8 Å². The molecule has 180 valence electrons. The third-order valence-electron chi connectivity index (χ3n) is 5.52. The third kappa shape index (κ3) is 3.97. The highest BCUT2D eigenvalue weighted by Gasteiger charge is 2.47. The van der Waals surface area contributed by atoms with E-state index in [4.69, 9.17) is 8.85 Å². The van der Waals surface area contributed by atoms with E-state index in [0.717, 1.165) is 0 Å². The Morgan fingerprint density at radius 2 is 2.12 bits per heavy atom. The molecule has 0 saturated carbocycles. The van der Waals surface area contributed by atoms with Crippen molar-refractivity contribution >= 4 is 22.5 Å². The lowest BCUT2D eigenvalue weighted by atomic mass is 10.1. The molecule has 1 saturated heterocycles. The second kappa shape index (κ2) is 7.75. The fourth-order valence-corrected chi connectivity index (χ4v) is 4.06. The molecule has 1 atom stereocenters. The van der Waals surface area contributed by atoms with Crippen LogP contribution in [0.1, 0.15) is 4.11 Å². The number of alkyl halides is 5. The highest BCUT2D eigenvalue weighted by Crippen LogP contribution is 2.34. The summed E-state index contributed by atoms with van der Waals surface area (Å²) in [5.41, 5.74) is 1.11. The Bertz CT molecular complexity index is 1470. The van der Waals surface area contributed by atoms with Crippen LogP contribution >= 0.6 is 0 Å². The summed E-state index contributed by atoms with van der Waals surface area (Å²) < 4.78 is 97.1. The van der Waals surface area contributed by atoms with E-state index in [2.05, 4.69) is 25.7 Å². The molecule has 0 bridgehead atoms. The second-order valence-electron chi connectivity index (χ2n) is 8.09. The molecule has 3 aromatic heterocycles. The molecular weight excluding hydrogens is 463 g/mol. The van der Waals surface area contributed by atoms with E-state index in [1.165, 1.54) is 40.9 Å². The van der Waals surface area contributed by atoms with Crippen molar-refractivity contribution in [1.82, 2.24) is 34.5 Å². The maximum atomic E-state index is 14.3. The monoisotopic (exact) mass is 485 g/mol. The van der Waals surface area contributed by atoms with Gasteiger partial charge < -0.3 is 10.1 Å². The number of benzene rings is 1. The van der Waals surface area contributed by atoms with Crippen LogP contribution in [0.15, 0.2) is 30.5 Å². The van der Waals surface area contributed by atoms with E-state index in [0.29, 0.717) is 15.8 Å². The van der Waals surface area contributed by atoms with Gasteiger partial charge in [-0.2, -0.15) is 18.2 Å². The average molecular weight is 485 g/mol. The van der Waals surface area contributed by atoms with E-state index in [1.54, 1.807) is 6.07 Å². The van der Waals surface area contributed by atoms with E-state index in [1.807, 2.05) is 0 Å². The number of anilines is 1. The number of nitrogens with zero attached hydrogens (tertiary/aromatic N) is 7. The summed E-state index contributed by atoms with van der Waals surface area (Å²) in [7, 11) is -1.40. The lowest BCUT2D eigenvalue weighted by Crippen LogP contribution is -2.38. The molecule has 0 aliphatic carbocycles. The minimum Gasteiger partial charge on any atom is -0.479 e. The normalized spacial score (nSPS) is 20.4. The Morgan fingerprint density at radius 1 is 1.29 bits per heavy atom. The van der Waals surface area contributed by atoms with Gasteiger partial charge in [-0.1, -0.05) is 11.3 Å². The molecular formula is C20H19F5N8O. The number of rotatable bonds is 5. The van der Waals surface area contributed by atoms with Crippen LogP contribution in [0.25, 0.3) is 27.7 Å². The summed E-state index contributed by atoms with van der Waals surface area (Å²) in [5, 5.41) is 14.0. The summed E-state index contributed by atoms with van der Waals surface area (Å²) in [6.45, 7) is -1.82. The molecule has 1 aliphatic rings. The van der Waals surface area contributed by atoms with Crippen LogP contribution in [0.2, 0.25) is 0 Å². The molecule has 9 nitrogen and oxygen atoms in total. The minimum atomic E-state index is -4.53. The van der Waals surface area contributed by atoms with E-state index in [9.17, 15) is 22.0 Å². The van der Waals surface area contributed by atoms with Crippen molar-refractivity contribution in [2.45, 2.75) is 24.7 Å². The Hall–Kier alpha value is -3.55. The zero-order valence-electron chi connectivity index (χ0n) is 20.5. The molecule has 1 N–H and O–H groups in total. The van der Waals surface area contributed by atoms with Crippen LogP contribution in [-0.2, 0) is 6.54 Å². The summed E-state index contributed by atoms with van der Waals surface area (Å²) in [5.74, 6) is -3.78. The Labute approximate surface area is 193 Å². The van der Waals surface area contributed by atoms with Gasteiger partial charge in [-0.3, -0.25) is 4.90 Å². The molecule has 34 heavy (non-hydrogen) atoms. The predicted octanol–water partition coefficient (Wildman–Crippen LogP) is 3.07. The van der Waals surface area contributed by atoms with Crippen molar-refractivity contribution < 1.29 is 30.8 Å². The van der Waals surface area contributed by atoms with Gasteiger partial charge in [0.15, 0.2) is 0 Å². The van der Waals surface area contributed by atoms with Crippen molar-refractivity contribution in [2.24, 2.45) is 0 Å². The molecule has 14 heteroatoms. The molecule has 1 aromatic carbocycles. The molecule has 0 radical (unpaired) electrons. The SMILES string of the molecule is [2H]C([2H])([2H])Oc1nc(NC2CN(C)CC2(F)F)nn2ccc(-c3ccc4nnn(CC(F)(F)F)c4c3)c12. The van der Waals surface area contributed by atoms with Crippen LogP contribution < -0.4 is 10.1 Å². The van der Waals surface area contributed by atoms with Crippen LogP contribution in [0.5, 0.6) is 5.88 Å². The smallest absolute Gasteiger partial charge is 0.408 e. The maximum absolute atomic E-state index is 14.3. The summed E-state index contributed by atoms with van der Waals surface area (Å²) in [6, 6.07) is 4.64. The topological polar surface area (TPSA) is 85.4 Å². The van der Waals surface area contributed by atoms with E-state index in [-0.39, 0.29) is 29.0 Å². The minimum absolute atomic E-state index is 0.000441. The number of halogens is 5. The highest BCUT2D eigenvalue weighted by molar-refractivity contribution is 5.89. The first-order chi connectivity index (χ1) is 17.2. The summed E-state index contributed by atoms with van der Waals surface area (Å²) >= 11 is 0. The number of aromatic nitrogens is 6. The average Bonchev–Trinajstić information content (AvgIpc) is 3.41. The van der Waals surface area contributed by atoms with Gasteiger partial charge in [0.1, 0.15) is 23.6 Å². The van der Waals surface area contributed by atoms with E-state index >= 15 is 0 Å². The quantitative estimate of drug-likeness (QED) is 0.435. The predicted molar refractivity (Wildman–Crippen MR) is 112 cm³/mol. The highest BCUT2D eigenvalue weighted by atomic mass is 19.4. The molecule has 4 heterocycles. The fraction of sp³-hybridized carbons (Fsp3) is 0.400. The summed E-state index contributed by atoms with van der Waals surface area (Å²) in [4.78, 5) is 5.49. The number of likely N-dealkylation sites (tertiary alicyclic amines) is 1. The van der Waals surface area contributed by atoms with Crippen LogP contribution in [0, 0.1) is 0 Å². The molecule has 1 fully saturated rings. The van der Waals surface area contributed by atoms with Crippen LogP contribution in [0.4, 0.5) is 27.9 Å². The lowest BCUT2D eigenvalue weighted by Gasteiger charge is -2.19. The number of likely N-dealkylation sites (N-methyl/N-ethyl adjacent to an activating group) is 1. The fourth-order valence-electron chi connectivity index (χ4n) is 4.06. The van der Waals surface area contributed by atoms with Crippen LogP contribution in [-0.4, -0.2) is 79.8 Å². The summed E-state index contributed by atoms with van der Waals surface area (Å²) in [6.07, 6.45) is -3.10. The van der Waals surface area contributed by atoms with Crippen molar-refractivity contribution in [3.8, 4) is 17.0 Å². The Balaban J connectivity index is 1.59. The standard InChI is InChI=1S/C20H19F5N8O/c1-31-8-15(19(21,22)9-31)26-18-27-17(34-2)16-12(5-6-32(16)29-18)11-3-4-13-14(7-11)33(30-28-13)10-20(23,24)25/h3-7,15H,8-10H2,1-2H3,(H,26,29)/i2D3. The Kier molecular flexibility index (Phi) is 4.29. The number of methoxy groups -OCH3 is 1. The zero-order chi connectivity index (χ0) is 26.8. The van der Waals surface area contributed by atoms with Crippen molar-refractivity contribution in [3.05, 3.63) is 30.5 Å². The zero-order valence-corrected chi connectivity index (χ0v) is 17.5. The van der Waals surface area contributed by atoms with Gasteiger partial charge >= 0.3 is 6.18 Å². The number of hydrogen-bond acceptors (Lipinski definition) is 7. The van der Waals surface area contributed by atoms with Gasteiger partial charge in [0.25, 0.3) is 5.92 Å². The van der Waals surface area contributed by atoms with Crippen molar-refractivity contribution in [3.63, 3.8) is 0 Å². The first-order valence-corrected chi connectivity index (χ1v) is 10.0. The molecule has 4 aromatic rings. The van der Waals surface area contributed by atoms with Gasteiger partial charge in [0, 0.05) is 18.3 Å². The molecule has 1 unspecified atom stereocenters. The van der Waals surface area contributed by atoms with Crippen molar-refractivity contribution in [2.75, 3.05) is 32.5 Å². The molecule has 0 amide bonds.